The van der Waals surface area contributed by atoms with E-state index < -0.39 is 34.9 Å². The highest BCUT2D eigenvalue weighted by Crippen LogP contribution is 2.20. The van der Waals surface area contributed by atoms with E-state index in [2.05, 4.69) is 10.0 Å². The lowest BCUT2D eigenvalue weighted by Crippen LogP contribution is -2.49. The highest BCUT2D eigenvalue weighted by molar-refractivity contribution is 7.89. The molecule has 1 aliphatic rings. The molecule has 0 saturated heterocycles. The zero-order valence-electron chi connectivity index (χ0n) is 17.1. The molecule has 3 rings (SSSR count). The number of benzene rings is 2. The minimum Gasteiger partial charge on any atom is -0.497 e. The minimum absolute atomic E-state index is 0.0411. The van der Waals surface area contributed by atoms with Crippen molar-refractivity contribution in [2.75, 3.05) is 13.7 Å². The predicted octanol–water partition coefficient (Wildman–Crippen LogP) is 1.36. The van der Waals surface area contributed by atoms with Crippen LogP contribution in [-0.4, -0.2) is 51.4 Å². The number of sulfonamides is 1. The summed E-state index contributed by atoms with van der Waals surface area (Å²) in [5.74, 6) is 0.212. The standard InChI is InChI=1S/C22H26N2O6S/c1-29-17-8-5-9-19(12-17)31(27,28)24-20-11-10-18(30-21(20)15-25)13-22(26)23-14-16-6-3-2-4-7-16/h2-12,18,20-21,24-25H,13-15H2,1H3,(H,23,26)/t18-,20+,21-/m0/s1. The van der Waals surface area contributed by atoms with Crippen molar-refractivity contribution in [2.24, 2.45) is 0 Å². The molecular weight excluding hydrogens is 420 g/mol. The first-order valence-electron chi connectivity index (χ1n) is 9.83. The molecule has 31 heavy (non-hydrogen) atoms. The zero-order valence-corrected chi connectivity index (χ0v) is 17.9. The van der Waals surface area contributed by atoms with E-state index in [4.69, 9.17) is 9.47 Å². The molecule has 1 heterocycles. The zero-order chi connectivity index (χ0) is 22.3. The van der Waals surface area contributed by atoms with Gasteiger partial charge in [-0.2, -0.15) is 0 Å². The summed E-state index contributed by atoms with van der Waals surface area (Å²) >= 11 is 0. The summed E-state index contributed by atoms with van der Waals surface area (Å²) in [6, 6.07) is 14.8. The molecule has 1 amide bonds. The monoisotopic (exact) mass is 446 g/mol. The molecule has 0 aromatic heterocycles. The molecule has 0 fully saturated rings. The van der Waals surface area contributed by atoms with E-state index in [0.29, 0.717) is 12.3 Å². The summed E-state index contributed by atoms with van der Waals surface area (Å²) in [4.78, 5) is 12.3. The third kappa shape index (κ3) is 6.38. The summed E-state index contributed by atoms with van der Waals surface area (Å²) < 4.78 is 38.8. The Balaban J connectivity index is 1.60. The number of hydrogen-bond donors (Lipinski definition) is 3. The SMILES string of the molecule is COc1cccc(S(=O)(=O)N[C@@H]2C=C[C@@H](CC(=O)NCc3ccccc3)O[C@H]2CO)c1. The Morgan fingerprint density at radius 3 is 2.61 bits per heavy atom. The number of hydrogen-bond acceptors (Lipinski definition) is 6. The number of amides is 1. The lowest BCUT2D eigenvalue weighted by Gasteiger charge is -2.31. The third-order valence-corrected chi connectivity index (χ3v) is 6.28. The van der Waals surface area contributed by atoms with Crippen LogP contribution in [0.2, 0.25) is 0 Å². The van der Waals surface area contributed by atoms with Gasteiger partial charge in [-0.15, -0.1) is 0 Å². The molecule has 0 unspecified atom stereocenters. The summed E-state index contributed by atoms with van der Waals surface area (Å²) in [7, 11) is -2.41. The first-order valence-corrected chi connectivity index (χ1v) is 11.3. The van der Waals surface area contributed by atoms with Crippen LogP contribution in [0.3, 0.4) is 0 Å². The van der Waals surface area contributed by atoms with Crippen LogP contribution in [0.25, 0.3) is 0 Å². The number of methoxy groups -OCH3 is 1. The van der Waals surface area contributed by atoms with E-state index in [9.17, 15) is 18.3 Å². The van der Waals surface area contributed by atoms with Gasteiger partial charge in [0, 0.05) is 12.6 Å². The van der Waals surface area contributed by atoms with Crippen LogP contribution >= 0.6 is 0 Å². The highest BCUT2D eigenvalue weighted by atomic mass is 32.2. The van der Waals surface area contributed by atoms with Crippen LogP contribution in [0.5, 0.6) is 5.75 Å². The Labute approximate surface area is 181 Å². The topological polar surface area (TPSA) is 114 Å². The van der Waals surface area contributed by atoms with Crippen LogP contribution in [-0.2, 0) is 26.1 Å². The first kappa shape index (κ1) is 23.0. The van der Waals surface area contributed by atoms with E-state index >= 15 is 0 Å². The van der Waals surface area contributed by atoms with Gasteiger partial charge in [-0.3, -0.25) is 4.79 Å². The average molecular weight is 447 g/mol. The molecule has 8 nitrogen and oxygen atoms in total. The lowest BCUT2D eigenvalue weighted by atomic mass is 10.1. The molecule has 0 spiro atoms. The van der Waals surface area contributed by atoms with E-state index in [0.717, 1.165) is 5.56 Å². The van der Waals surface area contributed by atoms with Crippen LogP contribution in [0, 0.1) is 0 Å². The molecule has 0 bridgehead atoms. The van der Waals surface area contributed by atoms with Crippen molar-refractivity contribution in [3.63, 3.8) is 0 Å². The Morgan fingerprint density at radius 2 is 1.90 bits per heavy atom. The second-order valence-corrected chi connectivity index (χ2v) is 8.79. The Hall–Kier alpha value is -2.72. The van der Waals surface area contributed by atoms with Crippen molar-refractivity contribution < 1.29 is 27.8 Å². The molecule has 2 aromatic carbocycles. The van der Waals surface area contributed by atoms with Crippen LogP contribution in [0.1, 0.15) is 12.0 Å². The quantitative estimate of drug-likeness (QED) is 0.502. The van der Waals surface area contributed by atoms with E-state index in [1.807, 2.05) is 30.3 Å². The number of carbonyl (C=O) groups is 1. The van der Waals surface area contributed by atoms with Gasteiger partial charge in [-0.05, 0) is 17.7 Å². The van der Waals surface area contributed by atoms with Gasteiger partial charge in [0.15, 0.2) is 0 Å². The van der Waals surface area contributed by atoms with Gasteiger partial charge in [0.25, 0.3) is 0 Å². The molecule has 166 valence electrons. The molecule has 3 N–H and O–H groups in total. The summed E-state index contributed by atoms with van der Waals surface area (Å²) in [5.41, 5.74) is 0.983. The Morgan fingerprint density at radius 1 is 1.13 bits per heavy atom. The van der Waals surface area contributed by atoms with Crippen molar-refractivity contribution in [3.05, 3.63) is 72.3 Å². The third-order valence-electron chi connectivity index (χ3n) is 4.82. The van der Waals surface area contributed by atoms with Gasteiger partial charge >= 0.3 is 0 Å². The first-order chi connectivity index (χ1) is 14.9. The van der Waals surface area contributed by atoms with Gasteiger partial charge in [0.1, 0.15) is 11.9 Å². The number of ether oxygens (including phenoxy) is 2. The van der Waals surface area contributed by atoms with Crippen molar-refractivity contribution >= 4 is 15.9 Å². The minimum atomic E-state index is -3.87. The fourth-order valence-corrected chi connectivity index (χ4v) is 4.43. The normalized spacial score (nSPS) is 20.9. The molecule has 0 radical (unpaired) electrons. The largest absolute Gasteiger partial charge is 0.497 e. The molecule has 0 aliphatic carbocycles. The summed E-state index contributed by atoms with van der Waals surface area (Å²) in [5, 5.41) is 12.5. The molecular formula is C22H26N2O6S. The maximum atomic E-state index is 12.7. The van der Waals surface area contributed by atoms with Crippen molar-refractivity contribution in [1.82, 2.24) is 10.0 Å². The van der Waals surface area contributed by atoms with Crippen LogP contribution in [0.15, 0.2) is 71.6 Å². The van der Waals surface area contributed by atoms with Gasteiger partial charge in [0.2, 0.25) is 15.9 Å². The highest BCUT2D eigenvalue weighted by Gasteiger charge is 2.31. The molecule has 0 saturated carbocycles. The predicted molar refractivity (Wildman–Crippen MR) is 115 cm³/mol. The number of aliphatic hydroxyl groups excluding tert-OH is 1. The van der Waals surface area contributed by atoms with Gasteiger partial charge < -0.3 is 19.9 Å². The van der Waals surface area contributed by atoms with Crippen molar-refractivity contribution in [1.29, 1.82) is 0 Å². The van der Waals surface area contributed by atoms with E-state index in [1.165, 1.54) is 19.2 Å². The van der Waals surface area contributed by atoms with Crippen LogP contribution < -0.4 is 14.8 Å². The average Bonchev–Trinajstić information content (AvgIpc) is 2.79. The smallest absolute Gasteiger partial charge is 0.241 e. The van der Waals surface area contributed by atoms with Gasteiger partial charge in [0.05, 0.1) is 37.2 Å². The summed E-state index contributed by atoms with van der Waals surface area (Å²) in [6.45, 7) is 0.000268. The second-order valence-electron chi connectivity index (χ2n) is 7.07. The Bertz CT molecular complexity index is 1010. The molecule has 3 atom stereocenters. The fourth-order valence-electron chi connectivity index (χ4n) is 3.18. The van der Waals surface area contributed by atoms with Gasteiger partial charge in [-0.25, -0.2) is 13.1 Å². The fraction of sp³-hybridized carbons (Fsp3) is 0.318. The number of nitrogens with one attached hydrogen (secondary N) is 2. The van der Waals surface area contributed by atoms with Gasteiger partial charge in [-0.1, -0.05) is 48.6 Å². The Kier molecular flexibility index (Phi) is 7.80. The van der Waals surface area contributed by atoms with Crippen molar-refractivity contribution in [2.45, 2.75) is 36.1 Å². The van der Waals surface area contributed by atoms with E-state index in [1.54, 1.807) is 24.3 Å². The van der Waals surface area contributed by atoms with Crippen LogP contribution in [0.4, 0.5) is 0 Å². The molecule has 9 heteroatoms. The maximum absolute atomic E-state index is 12.7. The molecule has 2 aromatic rings. The second kappa shape index (κ2) is 10.5. The number of carbonyl (C=O) groups excluding carboxylic acids is 1. The number of rotatable bonds is 9. The lowest BCUT2D eigenvalue weighted by molar-refractivity contribution is -0.125. The molecule has 1 aliphatic heterocycles. The van der Waals surface area contributed by atoms with E-state index in [-0.39, 0.29) is 17.2 Å². The summed E-state index contributed by atoms with van der Waals surface area (Å²) in [6.07, 6.45) is 1.92. The number of aliphatic hydroxyl groups is 1. The maximum Gasteiger partial charge on any atom is 0.241 e. The van der Waals surface area contributed by atoms with Crippen molar-refractivity contribution in [3.8, 4) is 5.75 Å².